The van der Waals surface area contributed by atoms with Gasteiger partial charge in [-0.3, -0.25) is 24.0 Å². The second-order valence-corrected chi connectivity index (χ2v) is 13.9. The minimum Gasteiger partial charge on any atom is -0.324 e. The number of fused-ring (bicyclic) bond motifs is 2. The maximum absolute atomic E-state index is 14.1. The molecule has 6 aromatic rings. The van der Waals surface area contributed by atoms with Crippen LogP contribution in [0, 0.1) is 0 Å². The number of hydrogen-bond acceptors (Lipinski definition) is 6. The van der Waals surface area contributed by atoms with Crippen LogP contribution in [0.3, 0.4) is 0 Å². The molecule has 0 fully saturated rings. The molecule has 10 heteroatoms. The van der Waals surface area contributed by atoms with E-state index in [-0.39, 0.29) is 40.0 Å². The van der Waals surface area contributed by atoms with Crippen molar-refractivity contribution in [2.24, 2.45) is 0 Å². The Balaban J connectivity index is 1.10. The van der Waals surface area contributed by atoms with E-state index in [9.17, 15) is 24.0 Å². The fourth-order valence-electron chi connectivity index (χ4n) is 5.97. The molecule has 0 saturated heterocycles. The smallest absolute Gasteiger partial charge is 0.272 e. The first-order chi connectivity index (χ1) is 26.2. The van der Waals surface area contributed by atoms with Crippen LogP contribution in [-0.4, -0.2) is 29.3 Å². The molecule has 0 aliphatic heterocycles. The van der Waals surface area contributed by atoms with Crippen molar-refractivity contribution in [2.75, 3.05) is 10.6 Å². The number of halogens is 1. The Morgan fingerprint density at radius 2 is 1.22 bits per heavy atom. The first kappa shape index (κ1) is 35.8. The van der Waals surface area contributed by atoms with Crippen LogP contribution >= 0.6 is 23.4 Å². The molecule has 3 N–H and O–H groups in total. The van der Waals surface area contributed by atoms with Gasteiger partial charge in [0.15, 0.2) is 11.6 Å². The van der Waals surface area contributed by atoms with E-state index in [0.717, 1.165) is 10.5 Å². The monoisotopic (exact) mass is 747 g/mol. The normalized spacial score (nSPS) is 12.6. The van der Waals surface area contributed by atoms with Crippen LogP contribution in [0.2, 0.25) is 5.02 Å². The van der Waals surface area contributed by atoms with Gasteiger partial charge in [-0.2, -0.15) is 0 Å². The summed E-state index contributed by atoms with van der Waals surface area (Å²) < 4.78 is 0. The third kappa shape index (κ3) is 7.92. The fourth-order valence-corrected chi connectivity index (χ4v) is 7.12. The molecule has 0 bridgehead atoms. The Morgan fingerprint density at radius 1 is 0.611 bits per heavy atom. The number of thioether (sulfide) groups is 1. The van der Waals surface area contributed by atoms with Crippen molar-refractivity contribution >= 4 is 70.1 Å². The van der Waals surface area contributed by atoms with Crippen LogP contribution < -0.4 is 16.0 Å². The maximum atomic E-state index is 14.1. The maximum Gasteiger partial charge on any atom is 0.272 e. The molecule has 0 spiro atoms. The van der Waals surface area contributed by atoms with Crippen LogP contribution in [0.1, 0.15) is 58.6 Å². The molecule has 1 aliphatic carbocycles. The fraction of sp³-hybridized carbons (Fsp3) is 0.0227. The van der Waals surface area contributed by atoms with Crippen molar-refractivity contribution in [3.8, 4) is 0 Å². The molecule has 7 rings (SSSR count). The summed E-state index contributed by atoms with van der Waals surface area (Å²) in [7, 11) is 0. The summed E-state index contributed by atoms with van der Waals surface area (Å²) in [4.78, 5) is 68.2. The number of hydrogen-bond donors (Lipinski definition) is 3. The highest BCUT2D eigenvalue weighted by Gasteiger charge is 2.33. The molecule has 0 saturated carbocycles. The molecule has 1 atom stereocenters. The Morgan fingerprint density at radius 3 is 1.91 bits per heavy atom. The van der Waals surface area contributed by atoms with Gasteiger partial charge in [0, 0.05) is 37.9 Å². The standard InChI is InChI=1S/C44H30ClN3O5S/c45-30-20-18-27(19-21-30)26-37(48-42(51)29-12-5-2-6-13-29)43(52)46-31-22-24-32(25-23-31)54-41(28-10-3-1-4-11-28)44(53)47-36-17-9-16-35-38(36)40(50)34-15-8-7-14-33(34)39(35)49/h1-26,41H,(H,46,52)(H,47,53)(H,48,51)/b37-26-. The van der Waals surface area contributed by atoms with Crippen molar-refractivity contribution in [3.63, 3.8) is 0 Å². The predicted molar refractivity (Wildman–Crippen MR) is 212 cm³/mol. The van der Waals surface area contributed by atoms with Crippen LogP contribution in [0.5, 0.6) is 0 Å². The lowest BCUT2D eigenvalue weighted by Crippen LogP contribution is -2.30. The number of carbonyl (C=O) groups is 5. The van der Waals surface area contributed by atoms with Gasteiger partial charge in [-0.05, 0) is 71.8 Å². The lowest BCUT2D eigenvalue weighted by atomic mass is 9.83. The molecule has 0 radical (unpaired) electrons. The molecule has 0 aromatic heterocycles. The molecule has 6 aromatic carbocycles. The zero-order chi connectivity index (χ0) is 37.6. The SMILES string of the molecule is O=C(Nc1ccc(SC(C(=O)Nc2cccc3c2C(=O)c2ccccc2C3=O)c2ccccc2)cc1)/C(=C/c1ccc(Cl)cc1)NC(=O)c1ccccc1. The van der Waals surface area contributed by atoms with Gasteiger partial charge in [0.1, 0.15) is 10.9 Å². The van der Waals surface area contributed by atoms with Gasteiger partial charge < -0.3 is 16.0 Å². The van der Waals surface area contributed by atoms with Crippen LogP contribution in [0.4, 0.5) is 11.4 Å². The van der Waals surface area contributed by atoms with Crippen molar-refractivity contribution in [1.82, 2.24) is 5.32 Å². The summed E-state index contributed by atoms with van der Waals surface area (Å²) in [6.07, 6.45) is 1.56. The van der Waals surface area contributed by atoms with Crippen molar-refractivity contribution in [2.45, 2.75) is 10.1 Å². The van der Waals surface area contributed by atoms with Gasteiger partial charge in [0.05, 0.1) is 11.3 Å². The lowest BCUT2D eigenvalue weighted by Gasteiger charge is -2.22. The molecular formula is C44H30ClN3O5S. The summed E-state index contributed by atoms with van der Waals surface area (Å²) in [5, 5.41) is 8.29. The quantitative estimate of drug-likeness (QED) is 0.0949. The van der Waals surface area contributed by atoms with E-state index in [1.165, 1.54) is 11.8 Å². The van der Waals surface area contributed by atoms with Gasteiger partial charge in [0.25, 0.3) is 11.8 Å². The van der Waals surface area contributed by atoms with E-state index in [1.807, 2.05) is 30.3 Å². The summed E-state index contributed by atoms with van der Waals surface area (Å²) in [6.45, 7) is 0. The average Bonchev–Trinajstić information content (AvgIpc) is 3.20. The largest absolute Gasteiger partial charge is 0.324 e. The third-order valence-corrected chi connectivity index (χ3v) is 10.1. The molecule has 1 aliphatic rings. The van der Waals surface area contributed by atoms with Crippen molar-refractivity contribution in [1.29, 1.82) is 0 Å². The van der Waals surface area contributed by atoms with E-state index < -0.39 is 17.1 Å². The zero-order valence-corrected chi connectivity index (χ0v) is 30.0. The van der Waals surface area contributed by atoms with E-state index in [1.54, 1.807) is 127 Å². The molecule has 54 heavy (non-hydrogen) atoms. The van der Waals surface area contributed by atoms with Crippen LogP contribution in [-0.2, 0) is 9.59 Å². The van der Waals surface area contributed by atoms with Crippen LogP contribution in [0.15, 0.2) is 162 Å². The van der Waals surface area contributed by atoms with Gasteiger partial charge in [0.2, 0.25) is 5.91 Å². The van der Waals surface area contributed by atoms with Crippen molar-refractivity contribution < 1.29 is 24.0 Å². The molecule has 0 heterocycles. The third-order valence-electron chi connectivity index (χ3n) is 8.63. The Labute approximate surface area is 320 Å². The molecule has 3 amide bonds. The van der Waals surface area contributed by atoms with E-state index in [4.69, 9.17) is 11.6 Å². The second-order valence-electron chi connectivity index (χ2n) is 12.2. The number of carbonyl (C=O) groups excluding carboxylic acids is 5. The first-order valence-electron chi connectivity index (χ1n) is 16.8. The average molecular weight is 748 g/mol. The lowest BCUT2D eigenvalue weighted by molar-refractivity contribution is -0.116. The molecule has 1 unspecified atom stereocenters. The zero-order valence-electron chi connectivity index (χ0n) is 28.4. The molecule has 8 nitrogen and oxygen atoms in total. The minimum atomic E-state index is -0.744. The Kier molecular flexibility index (Phi) is 10.6. The van der Waals surface area contributed by atoms with E-state index in [2.05, 4.69) is 16.0 Å². The van der Waals surface area contributed by atoms with Crippen molar-refractivity contribution in [3.05, 3.63) is 201 Å². The van der Waals surface area contributed by atoms with E-state index >= 15 is 0 Å². The number of nitrogens with one attached hydrogen (secondary N) is 3. The Hall–Kier alpha value is -6.55. The summed E-state index contributed by atoms with van der Waals surface area (Å²) in [5.74, 6) is -1.98. The number of rotatable bonds is 10. The predicted octanol–water partition coefficient (Wildman–Crippen LogP) is 9.00. The van der Waals surface area contributed by atoms with Gasteiger partial charge in [-0.1, -0.05) is 109 Å². The number of anilines is 2. The Bertz CT molecular complexity index is 2430. The van der Waals surface area contributed by atoms with Gasteiger partial charge >= 0.3 is 0 Å². The minimum absolute atomic E-state index is 0.0252. The first-order valence-corrected chi connectivity index (χ1v) is 18.1. The number of benzene rings is 6. The number of amides is 3. The van der Waals surface area contributed by atoms with Gasteiger partial charge in [-0.25, -0.2) is 0 Å². The summed E-state index contributed by atoms with van der Waals surface area (Å²) in [5.41, 5.74) is 3.55. The second kappa shape index (κ2) is 16.0. The van der Waals surface area contributed by atoms with Crippen LogP contribution in [0.25, 0.3) is 6.08 Å². The molecule has 264 valence electrons. The summed E-state index contributed by atoms with van der Waals surface area (Å²) >= 11 is 7.33. The highest BCUT2D eigenvalue weighted by atomic mass is 35.5. The highest BCUT2D eigenvalue weighted by Crippen LogP contribution is 2.38. The highest BCUT2D eigenvalue weighted by molar-refractivity contribution is 8.00. The van der Waals surface area contributed by atoms with Gasteiger partial charge in [-0.15, -0.1) is 11.8 Å². The topological polar surface area (TPSA) is 121 Å². The van der Waals surface area contributed by atoms with E-state index in [0.29, 0.717) is 33.0 Å². The molecular weight excluding hydrogens is 718 g/mol. The summed E-state index contributed by atoms with van der Waals surface area (Å²) in [6, 6.07) is 43.1. The number of ketones is 2.